The van der Waals surface area contributed by atoms with Crippen molar-refractivity contribution in [1.29, 1.82) is 0 Å². The molecule has 0 radical (unpaired) electrons. The fraction of sp³-hybridized carbons (Fsp3) is 0.684. The van der Waals surface area contributed by atoms with Crippen LogP contribution < -0.4 is 16.0 Å². The average molecular weight is 407 g/mol. The molecule has 160 valence electrons. The van der Waals surface area contributed by atoms with Gasteiger partial charge in [0.05, 0.1) is 13.7 Å². The summed E-state index contributed by atoms with van der Waals surface area (Å²) in [6, 6.07) is 0.128. The van der Waals surface area contributed by atoms with Gasteiger partial charge in [-0.1, -0.05) is 6.92 Å². The molecule has 2 aromatic rings. The van der Waals surface area contributed by atoms with Crippen LogP contribution in [-0.4, -0.2) is 63.7 Å². The van der Waals surface area contributed by atoms with Gasteiger partial charge in [-0.25, -0.2) is 4.79 Å². The molecule has 1 aliphatic heterocycles. The quantitative estimate of drug-likeness (QED) is 0.591. The first-order valence-corrected chi connectivity index (χ1v) is 10.2. The van der Waals surface area contributed by atoms with E-state index in [2.05, 4.69) is 19.9 Å². The first kappa shape index (κ1) is 21.1. The Bertz CT molecular complexity index is 939. The Kier molecular flexibility index (Phi) is 7.08. The summed E-state index contributed by atoms with van der Waals surface area (Å²) in [4.78, 5) is 47.6. The largest absolute Gasteiger partial charge is 0.469 e. The normalized spacial score (nSPS) is 15.7. The Balaban J connectivity index is 1.60. The Morgan fingerprint density at radius 2 is 1.97 bits per heavy atom. The highest BCUT2D eigenvalue weighted by Crippen LogP contribution is 2.22. The fourth-order valence-electron chi connectivity index (χ4n) is 3.66. The van der Waals surface area contributed by atoms with Gasteiger partial charge in [-0.05, 0) is 44.7 Å². The number of ether oxygens (including phenoxy) is 2. The van der Waals surface area contributed by atoms with Crippen molar-refractivity contribution in [2.24, 2.45) is 5.92 Å². The highest BCUT2D eigenvalue weighted by Gasteiger charge is 2.21. The summed E-state index contributed by atoms with van der Waals surface area (Å²) in [5.74, 6) is 0.371. The fourth-order valence-corrected chi connectivity index (χ4v) is 3.66. The molecule has 2 N–H and O–H groups in total. The van der Waals surface area contributed by atoms with Gasteiger partial charge in [0, 0.05) is 19.5 Å². The zero-order valence-electron chi connectivity index (χ0n) is 17.0. The third-order valence-electron chi connectivity index (χ3n) is 5.39. The van der Waals surface area contributed by atoms with Crippen molar-refractivity contribution in [3.8, 4) is 6.01 Å². The maximum Gasteiger partial charge on any atom is 0.327 e. The molecule has 10 nitrogen and oxygen atoms in total. The smallest absolute Gasteiger partial charge is 0.327 e. The van der Waals surface area contributed by atoms with Crippen LogP contribution in [0.4, 0.5) is 0 Å². The molecule has 0 atom stereocenters. The van der Waals surface area contributed by atoms with Crippen LogP contribution in [0, 0.1) is 5.92 Å². The van der Waals surface area contributed by atoms with Crippen molar-refractivity contribution >= 4 is 17.1 Å². The predicted molar refractivity (Wildman–Crippen MR) is 107 cm³/mol. The monoisotopic (exact) mass is 407 g/mol. The molecule has 0 aliphatic carbocycles. The molecule has 0 bridgehead atoms. The van der Waals surface area contributed by atoms with E-state index in [-0.39, 0.29) is 23.2 Å². The average Bonchev–Trinajstić information content (AvgIpc) is 3.05. The first-order valence-electron chi connectivity index (χ1n) is 10.2. The molecule has 2 aromatic heterocycles. The van der Waals surface area contributed by atoms with Crippen molar-refractivity contribution < 1.29 is 14.3 Å². The predicted octanol–water partition coefficient (Wildman–Crippen LogP) is 0.867. The lowest BCUT2D eigenvalue weighted by Gasteiger charge is -2.31. The number of aromatic nitrogens is 4. The van der Waals surface area contributed by atoms with Gasteiger partial charge >= 0.3 is 11.7 Å². The van der Waals surface area contributed by atoms with E-state index >= 15 is 0 Å². The number of methoxy groups -OCH3 is 1. The topological polar surface area (TPSA) is 122 Å². The highest BCUT2D eigenvalue weighted by atomic mass is 16.5. The molecule has 29 heavy (non-hydrogen) atoms. The summed E-state index contributed by atoms with van der Waals surface area (Å²) in [6.45, 7) is 5.37. The number of rotatable bonds is 9. The number of carbonyl (C=O) groups is 1. The number of imidazole rings is 1. The summed E-state index contributed by atoms with van der Waals surface area (Å²) in [5.41, 5.74) is -0.278. The molecule has 0 unspecified atom stereocenters. The standard InChI is InChI=1S/C19H29N5O5/c1-3-12-29-18-21-16-15(17(26)22-18)20-19(27)24(16)11-10-23-8-6-13(7-9-23)4-5-14(25)28-2/h13H,3-12H2,1-2H3,(H,20,27)(H,21,22,26). The van der Waals surface area contributed by atoms with Gasteiger partial charge in [0.1, 0.15) is 0 Å². The van der Waals surface area contributed by atoms with Gasteiger partial charge in [0.25, 0.3) is 11.6 Å². The second-order valence-corrected chi connectivity index (χ2v) is 7.40. The first-order chi connectivity index (χ1) is 14.0. The number of hydrogen-bond acceptors (Lipinski definition) is 7. The van der Waals surface area contributed by atoms with Crippen LogP contribution in [0.2, 0.25) is 0 Å². The number of piperidine rings is 1. The maximum absolute atomic E-state index is 12.3. The Morgan fingerprint density at radius 1 is 1.21 bits per heavy atom. The van der Waals surface area contributed by atoms with Crippen molar-refractivity contribution in [3.63, 3.8) is 0 Å². The number of nitrogens with one attached hydrogen (secondary N) is 2. The lowest BCUT2D eigenvalue weighted by atomic mass is 9.92. The SMILES string of the molecule is CCCOc1nc2c([nH]c(=O)n2CCN2CCC(CCC(=O)OC)CC2)c(=O)[nH]1. The zero-order valence-corrected chi connectivity index (χ0v) is 17.0. The number of likely N-dealkylation sites (tertiary alicyclic amines) is 1. The summed E-state index contributed by atoms with van der Waals surface area (Å²) < 4.78 is 11.6. The Hall–Kier alpha value is -2.62. The molecule has 3 rings (SSSR count). The van der Waals surface area contributed by atoms with Gasteiger partial charge < -0.3 is 14.4 Å². The Morgan fingerprint density at radius 3 is 2.66 bits per heavy atom. The molecular weight excluding hydrogens is 378 g/mol. The van der Waals surface area contributed by atoms with Gasteiger partial charge in [0.2, 0.25) is 0 Å². The van der Waals surface area contributed by atoms with Crippen LogP contribution in [0.1, 0.15) is 39.0 Å². The minimum Gasteiger partial charge on any atom is -0.469 e. The lowest BCUT2D eigenvalue weighted by molar-refractivity contribution is -0.141. The second kappa shape index (κ2) is 9.73. The van der Waals surface area contributed by atoms with Crippen molar-refractivity contribution in [2.75, 3.05) is 33.4 Å². The van der Waals surface area contributed by atoms with Gasteiger partial charge in [-0.3, -0.25) is 24.1 Å². The van der Waals surface area contributed by atoms with Gasteiger partial charge in [0.15, 0.2) is 11.2 Å². The van der Waals surface area contributed by atoms with E-state index in [1.54, 1.807) is 0 Å². The summed E-state index contributed by atoms with van der Waals surface area (Å²) >= 11 is 0. The zero-order chi connectivity index (χ0) is 20.8. The van der Waals surface area contributed by atoms with E-state index in [0.717, 1.165) is 38.8 Å². The van der Waals surface area contributed by atoms with Crippen LogP contribution in [-0.2, 0) is 16.1 Å². The van der Waals surface area contributed by atoms with E-state index in [4.69, 9.17) is 9.47 Å². The number of fused-ring (bicyclic) bond motifs is 1. The molecule has 1 saturated heterocycles. The van der Waals surface area contributed by atoms with Gasteiger partial charge in [-0.2, -0.15) is 4.98 Å². The molecule has 0 spiro atoms. The summed E-state index contributed by atoms with van der Waals surface area (Å²) in [6.07, 6.45) is 4.15. The van der Waals surface area contributed by atoms with E-state index in [1.165, 1.54) is 11.7 Å². The van der Waals surface area contributed by atoms with E-state index < -0.39 is 5.56 Å². The number of H-pyrrole nitrogens is 2. The number of nitrogens with zero attached hydrogens (tertiary/aromatic N) is 3. The molecule has 0 saturated carbocycles. The molecule has 1 aliphatic rings. The lowest BCUT2D eigenvalue weighted by Crippen LogP contribution is -2.37. The van der Waals surface area contributed by atoms with Crippen LogP contribution in [0.25, 0.3) is 11.2 Å². The van der Waals surface area contributed by atoms with E-state index in [1.807, 2.05) is 6.92 Å². The number of carbonyl (C=O) groups excluding carboxylic acids is 1. The van der Waals surface area contributed by atoms with Crippen molar-refractivity contribution in [2.45, 2.75) is 45.6 Å². The number of hydrogen-bond donors (Lipinski definition) is 2. The summed E-state index contributed by atoms with van der Waals surface area (Å²) in [7, 11) is 1.42. The maximum atomic E-state index is 12.3. The second-order valence-electron chi connectivity index (χ2n) is 7.40. The molecule has 1 fully saturated rings. The number of aromatic amines is 2. The highest BCUT2D eigenvalue weighted by molar-refractivity contribution is 5.69. The van der Waals surface area contributed by atoms with Crippen LogP contribution in [0.5, 0.6) is 6.01 Å². The Labute approximate surface area is 168 Å². The van der Waals surface area contributed by atoms with E-state index in [9.17, 15) is 14.4 Å². The van der Waals surface area contributed by atoms with Crippen molar-refractivity contribution in [1.82, 2.24) is 24.4 Å². The minimum atomic E-state index is -0.414. The van der Waals surface area contributed by atoms with Crippen molar-refractivity contribution in [3.05, 3.63) is 20.8 Å². The summed E-state index contributed by atoms with van der Waals surface area (Å²) in [5, 5.41) is 0. The molecule has 0 amide bonds. The molecule has 0 aromatic carbocycles. The van der Waals surface area contributed by atoms with E-state index in [0.29, 0.717) is 37.7 Å². The van der Waals surface area contributed by atoms with Crippen LogP contribution >= 0.6 is 0 Å². The van der Waals surface area contributed by atoms with Crippen LogP contribution in [0.15, 0.2) is 9.59 Å². The van der Waals surface area contributed by atoms with Crippen LogP contribution in [0.3, 0.4) is 0 Å². The molecule has 3 heterocycles. The molecule has 10 heteroatoms. The third-order valence-corrected chi connectivity index (χ3v) is 5.39. The minimum absolute atomic E-state index is 0.128. The molecular formula is C19H29N5O5. The van der Waals surface area contributed by atoms with Gasteiger partial charge in [-0.15, -0.1) is 0 Å². The number of esters is 1. The third kappa shape index (κ3) is 5.26.